The van der Waals surface area contributed by atoms with Crippen LogP contribution in [0.25, 0.3) is 0 Å². The molecule has 22 heavy (non-hydrogen) atoms. The molecule has 3 rings (SSSR count). The standard InChI is InChI=1S/C21H20O/c1-21(18-8-4-2-5-9-18,19-10-6-3-7-11-19)16-17-12-14-20(22)15-13-17/h2-15,22H,16H2,1H3. The van der Waals surface area contributed by atoms with Crippen molar-refractivity contribution in [2.24, 2.45) is 0 Å². The van der Waals surface area contributed by atoms with E-state index >= 15 is 0 Å². The van der Waals surface area contributed by atoms with E-state index in [-0.39, 0.29) is 5.41 Å². The number of rotatable bonds is 4. The molecule has 0 aliphatic carbocycles. The number of phenolic OH excluding ortho intramolecular Hbond substituents is 1. The fourth-order valence-corrected chi connectivity index (χ4v) is 3.00. The van der Waals surface area contributed by atoms with Crippen molar-refractivity contribution < 1.29 is 5.11 Å². The zero-order valence-corrected chi connectivity index (χ0v) is 12.7. The molecule has 0 aromatic heterocycles. The molecule has 0 fully saturated rings. The lowest BCUT2D eigenvalue weighted by Gasteiger charge is -2.31. The lowest BCUT2D eigenvalue weighted by atomic mass is 9.72. The van der Waals surface area contributed by atoms with Crippen molar-refractivity contribution in [3.8, 4) is 5.75 Å². The number of hydrogen-bond donors (Lipinski definition) is 1. The smallest absolute Gasteiger partial charge is 0.115 e. The first-order chi connectivity index (χ1) is 10.7. The summed E-state index contributed by atoms with van der Waals surface area (Å²) in [6.07, 6.45) is 0.890. The van der Waals surface area contributed by atoms with E-state index in [1.165, 1.54) is 16.7 Å². The zero-order valence-electron chi connectivity index (χ0n) is 12.7. The van der Waals surface area contributed by atoms with E-state index in [0.717, 1.165) is 6.42 Å². The minimum atomic E-state index is -0.0977. The van der Waals surface area contributed by atoms with E-state index in [1.54, 1.807) is 12.1 Å². The lowest BCUT2D eigenvalue weighted by Crippen LogP contribution is -2.26. The van der Waals surface area contributed by atoms with Gasteiger partial charge < -0.3 is 5.11 Å². The quantitative estimate of drug-likeness (QED) is 0.721. The summed E-state index contributed by atoms with van der Waals surface area (Å²) in [5.74, 6) is 0.310. The Bertz CT molecular complexity index is 675. The molecule has 0 saturated heterocycles. The lowest BCUT2D eigenvalue weighted by molar-refractivity contribution is 0.474. The van der Waals surface area contributed by atoms with Gasteiger partial charge in [-0.25, -0.2) is 0 Å². The van der Waals surface area contributed by atoms with E-state index in [9.17, 15) is 5.11 Å². The second-order valence-corrected chi connectivity index (χ2v) is 5.91. The van der Waals surface area contributed by atoms with Crippen LogP contribution >= 0.6 is 0 Å². The predicted molar refractivity (Wildman–Crippen MR) is 91.1 cm³/mol. The van der Waals surface area contributed by atoms with E-state index in [0.29, 0.717) is 5.75 Å². The molecule has 3 aromatic carbocycles. The molecule has 0 amide bonds. The first kappa shape index (κ1) is 14.4. The second-order valence-electron chi connectivity index (χ2n) is 5.91. The van der Waals surface area contributed by atoms with Gasteiger partial charge in [-0.1, -0.05) is 79.7 Å². The molecule has 110 valence electrons. The molecular weight excluding hydrogens is 268 g/mol. The van der Waals surface area contributed by atoms with Crippen molar-refractivity contribution in [1.29, 1.82) is 0 Å². The summed E-state index contributed by atoms with van der Waals surface area (Å²) in [5, 5.41) is 9.49. The van der Waals surface area contributed by atoms with Gasteiger partial charge in [0.25, 0.3) is 0 Å². The van der Waals surface area contributed by atoms with E-state index < -0.39 is 0 Å². The van der Waals surface area contributed by atoms with Crippen LogP contribution in [0.5, 0.6) is 5.75 Å². The molecule has 1 N–H and O–H groups in total. The highest BCUT2D eigenvalue weighted by atomic mass is 16.3. The van der Waals surface area contributed by atoms with Crippen molar-refractivity contribution in [3.05, 3.63) is 102 Å². The van der Waals surface area contributed by atoms with Crippen molar-refractivity contribution in [2.45, 2.75) is 18.8 Å². The molecule has 0 bridgehead atoms. The maximum atomic E-state index is 9.49. The van der Waals surface area contributed by atoms with Crippen LogP contribution in [0.2, 0.25) is 0 Å². The molecule has 0 saturated carbocycles. The maximum Gasteiger partial charge on any atom is 0.115 e. The SMILES string of the molecule is CC(Cc1ccc(O)cc1)(c1ccccc1)c1ccccc1. The van der Waals surface area contributed by atoms with Crippen LogP contribution in [0.4, 0.5) is 0 Å². The molecule has 0 spiro atoms. The Balaban J connectivity index is 2.05. The molecule has 0 aliphatic rings. The van der Waals surface area contributed by atoms with E-state index in [2.05, 4.69) is 67.6 Å². The number of aromatic hydroxyl groups is 1. The highest BCUT2D eigenvalue weighted by molar-refractivity contribution is 5.41. The average molecular weight is 288 g/mol. The first-order valence-electron chi connectivity index (χ1n) is 7.57. The molecule has 0 atom stereocenters. The van der Waals surface area contributed by atoms with Crippen LogP contribution in [-0.2, 0) is 11.8 Å². The molecular formula is C21H20O. The van der Waals surface area contributed by atoms with Gasteiger partial charge in [-0.3, -0.25) is 0 Å². The highest BCUT2D eigenvalue weighted by Crippen LogP contribution is 2.35. The highest BCUT2D eigenvalue weighted by Gasteiger charge is 2.28. The Labute approximate surface area is 131 Å². The van der Waals surface area contributed by atoms with Gasteiger partial charge in [0.1, 0.15) is 5.75 Å². The van der Waals surface area contributed by atoms with Gasteiger partial charge in [0, 0.05) is 5.41 Å². The predicted octanol–water partition coefficient (Wildman–Crippen LogP) is 4.94. The normalized spacial score (nSPS) is 11.3. The maximum absolute atomic E-state index is 9.49. The van der Waals surface area contributed by atoms with Crippen LogP contribution in [0.3, 0.4) is 0 Å². The Morgan fingerprint density at radius 2 is 1.14 bits per heavy atom. The van der Waals surface area contributed by atoms with Gasteiger partial charge in [0.2, 0.25) is 0 Å². The zero-order chi connectivity index (χ0) is 15.4. The summed E-state index contributed by atoms with van der Waals surface area (Å²) in [4.78, 5) is 0. The third-order valence-corrected chi connectivity index (χ3v) is 4.32. The molecule has 0 heterocycles. The van der Waals surface area contributed by atoms with Crippen LogP contribution in [0.1, 0.15) is 23.6 Å². The molecule has 1 heteroatoms. The Morgan fingerprint density at radius 1 is 0.682 bits per heavy atom. The number of benzene rings is 3. The van der Waals surface area contributed by atoms with Crippen molar-refractivity contribution in [3.63, 3.8) is 0 Å². The summed E-state index contributed by atoms with van der Waals surface area (Å²) < 4.78 is 0. The fraction of sp³-hybridized carbons (Fsp3) is 0.143. The first-order valence-corrected chi connectivity index (χ1v) is 7.57. The fourth-order valence-electron chi connectivity index (χ4n) is 3.00. The minimum Gasteiger partial charge on any atom is -0.508 e. The summed E-state index contributed by atoms with van der Waals surface area (Å²) in [6, 6.07) is 28.7. The number of hydrogen-bond acceptors (Lipinski definition) is 1. The third-order valence-electron chi connectivity index (χ3n) is 4.32. The minimum absolute atomic E-state index is 0.0977. The summed E-state index contributed by atoms with van der Waals surface area (Å²) >= 11 is 0. The van der Waals surface area contributed by atoms with Crippen molar-refractivity contribution in [1.82, 2.24) is 0 Å². The summed E-state index contributed by atoms with van der Waals surface area (Å²) in [5.41, 5.74) is 3.72. The Hall–Kier alpha value is -2.54. The monoisotopic (exact) mass is 288 g/mol. The molecule has 1 nitrogen and oxygen atoms in total. The Morgan fingerprint density at radius 3 is 1.59 bits per heavy atom. The van der Waals surface area contributed by atoms with Gasteiger partial charge in [-0.15, -0.1) is 0 Å². The molecule has 0 radical (unpaired) electrons. The van der Waals surface area contributed by atoms with Gasteiger partial charge in [0.15, 0.2) is 0 Å². The van der Waals surface area contributed by atoms with Crippen LogP contribution in [0.15, 0.2) is 84.9 Å². The summed E-state index contributed by atoms with van der Waals surface area (Å²) in [6.45, 7) is 2.28. The van der Waals surface area contributed by atoms with Crippen LogP contribution in [0, 0.1) is 0 Å². The summed E-state index contributed by atoms with van der Waals surface area (Å²) in [7, 11) is 0. The number of phenols is 1. The average Bonchev–Trinajstić information content (AvgIpc) is 2.58. The van der Waals surface area contributed by atoms with Crippen LogP contribution in [-0.4, -0.2) is 5.11 Å². The van der Waals surface area contributed by atoms with E-state index in [1.807, 2.05) is 12.1 Å². The molecule has 0 aliphatic heterocycles. The van der Waals surface area contributed by atoms with Gasteiger partial charge in [0.05, 0.1) is 0 Å². The Kier molecular flexibility index (Phi) is 3.97. The topological polar surface area (TPSA) is 20.2 Å². The van der Waals surface area contributed by atoms with Gasteiger partial charge in [-0.2, -0.15) is 0 Å². The largest absolute Gasteiger partial charge is 0.508 e. The molecule has 3 aromatic rings. The van der Waals surface area contributed by atoms with Gasteiger partial charge >= 0.3 is 0 Å². The van der Waals surface area contributed by atoms with Crippen molar-refractivity contribution in [2.75, 3.05) is 0 Å². The van der Waals surface area contributed by atoms with Gasteiger partial charge in [-0.05, 0) is 35.2 Å². The third kappa shape index (κ3) is 2.89. The van der Waals surface area contributed by atoms with E-state index in [4.69, 9.17) is 0 Å². The van der Waals surface area contributed by atoms with Crippen molar-refractivity contribution >= 4 is 0 Å². The van der Waals surface area contributed by atoms with Crippen LogP contribution < -0.4 is 0 Å². The molecule has 0 unspecified atom stereocenters. The second kappa shape index (κ2) is 6.07.